The zero-order chi connectivity index (χ0) is 5.70. The van der Waals surface area contributed by atoms with Crippen LogP contribution in [-0.2, 0) is 0 Å². The molecule has 0 aromatic rings. The van der Waals surface area contributed by atoms with Crippen molar-refractivity contribution in [2.75, 3.05) is 20.1 Å². The highest BCUT2D eigenvalue weighted by Gasteiger charge is 1.94. The van der Waals surface area contributed by atoms with E-state index < -0.39 is 0 Å². The maximum absolute atomic E-state index is 8.67. The highest BCUT2D eigenvalue weighted by atomic mass is 16.3. The van der Waals surface area contributed by atoms with Crippen molar-refractivity contribution >= 4 is 0 Å². The van der Waals surface area contributed by atoms with E-state index in [1.807, 2.05) is 0 Å². The van der Waals surface area contributed by atoms with Crippen molar-refractivity contribution in [3.05, 3.63) is 0 Å². The van der Waals surface area contributed by atoms with Gasteiger partial charge in [0.1, 0.15) is 0 Å². The highest BCUT2D eigenvalue weighted by Crippen LogP contribution is 1.69. The zero-order valence-corrected chi connectivity index (χ0v) is 4.52. The van der Waals surface area contributed by atoms with Crippen LogP contribution in [0.2, 0.25) is 0 Å². The van der Waals surface area contributed by atoms with Crippen LogP contribution in [0.15, 0.2) is 0 Å². The van der Waals surface area contributed by atoms with E-state index in [9.17, 15) is 0 Å². The zero-order valence-electron chi connectivity index (χ0n) is 4.52. The Bertz CT molecular complexity index is 40.7. The summed E-state index contributed by atoms with van der Waals surface area (Å²) in [5.74, 6) is 0. The number of likely N-dealkylation sites (N-methyl/N-ethyl adjacent to an activating group) is 1. The van der Waals surface area contributed by atoms with Crippen LogP contribution < -0.4 is 11.1 Å². The molecule has 0 unspecified atom stereocenters. The summed E-state index contributed by atoms with van der Waals surface area (Å²) in [4.78, 5) is 0. The van der Waals surface area contributed by atoms with E-state index in [1.54, 1.807) is 7.05 Å². The molecule has 0 aromatic heterocycles. The Hall–Kier alpha value is -0.120. The number of nitrogens with two attached hydrogens (primary N) is 1. The molecule has 0 spiro atoms. The fourth-order valence-electron chi connectivity index (χ4n) is 0.319. The molecule has 4 N–H and O–H groups in total. The summed E-state index contributed by atoms with van der Waals surface area (Å²) in [6, 6.07) is 0. The van der Waals surface area contributed by atoms with Crippen molar-refractivity contribution in [2.24, 2.45) is 5.73 Å². The Labute approximate surface area is 43.5 Å². The summed E-state index contributed by atoms with van der Waals surface area (Å²) in [5, 5.41) is 11.5. The first-order valence-corrected chi connectivity index (χ1v) is 2.34. The first kappa shape index (κ1) is 6.88. The Morgan fingerprint density at radius 1 is 1.86 bits per heavy atom. The van der Waals surface area contributed by atoms with Crippen LogP contribution in [0.4, 0.5) is 0 Å². The molecule has 0 fully saturated rings. The van der Waals surface area contributed by atoms with Crippen LogP contribution in [0, 0.1) is 0 Å². The summed E-state index contributed by atoms with van der Waals surface area (Å²) in [6.45, 7) is 0.914. The number of hydrogen-bond acceptors (Lipinski definition) is 3. The van der Waals surface area contributed by atoms with Crippen LogP contribution in [0.25, 0.3) is 0 Å². The van der Waals surface area contributed by atoms with Crippen LogP contribution in [-0.4, -0.2) is 31.3 Å². The minimum Gasteiger partial charge on any atom is -0.390 e. The van der Waals surface area contributed by atoms with Gasteiger partial charge in [-0.25, -0.2) is 0 Å². The van der Waals surface area contributed by atoms with Gasteiger partial charge in [0, 0.05) is 13.1 Å². The summed E-state index contributed by atoms with van der Waals surface area (Å²) < 4.78 is 0. The second-order valence-corrected chi connectivity index (χ2v) is 1.45. The number of aliphatic hydroxyl groups is 1. The van der Waals surface area contributed by atoms with E-state index in [1.165, 1.54) is 0 Å². The summed E-state index contributed by atoms with van der Waals surface area (Å²) in [6.07, 6.45) is -0.384. The average Bonchev–Trinajstić information content (AvgIpc) is 1.68. The lowest BCUT2D eigenvalue weighted by Crippen LogP contribution is -2.30. The van der Waals surface area contributed by atoms with Crippen molar-refractivity contribution in [2.45, 2.75) is 6.10 Å². The fourth-order valence-corrected chi connectivity index (χ4v) is 0.319. The van der Waals surface area contributed by atoms with Crippen LogP contribution in [0.3, 0.4) is 0 Å². The van der Waals surface area contributed by atoms with Crippen LogP contribution in [0.1, 0.15) is 0 Å². The van der Waals surface area contributed by atoms with Gasteiger partial charge in [-0.3, -0.25) is 0 Å². The maximum atomic E-state index is 8.67. The standard InChI is InChI=1S/C4H12N2O/c1-6-3-4(7)2-5/h4,6-7H,2-3,5H2,1H3/t4-/m0/s1. The summed E-state index contributed by atoms with van der Waals surface area (Å²) in [7, 11) is 1.78. The molecule has 0 saturated heterocycles. The van der Waals surface area contributed by atoms with Crippen molar-refractivity contribution in [1.29, 1.82) is 0 Å². The minimum atomic E-state index is -0.384. The molecule has 0 rings (SSSR count). The van der Waals surface area contributed by atoms with Crippen molar-refractivity contribution in [1.82, 2.24) is 5.32 Å². The Balaban J connectivity index is 2.83. The maximum Gasteiger partial charge on any atom is 0.0786 e. The third kappa shape index (κ3) is 3.72. The highest BCUT2D eigenvalue weighted by molar-refractivity contribution is 4.55. The molecule has 1 atom stereocenters. The second-order valence-electron chi connectivity index (χ2n) is 1.45. The lowest BCUT2D eigenvalue weighted by atomic mass is 10.4. The van der Waals surface area contributed by atoms with Gasteiger partial charge in [0.05, 0.1) is 6.10 Å². The third-order valence-electron chi connectivity index (χ3n) is 0.712. The van der Waals surface area contributed by atoms with Crippen molar-refractivity contribution in [3.63, 3.8) is 0 Å². The number of hydrogen-bond donors (Lipinski definition) is 3. The molecule has 0 aliphatic heterocycles. The SMILES string of the molecule is CNC[C@@H](O)CN. The monoisotopic (exact) mass is 104 g/mol. The van der Waals surface area contributed by atoms with E-state index in [2.05, 4.69) is 5.32 Å². The van der Waals surface area contributed by atoms with Crippen LogP contribution in [0.5, 0.6) is 0 Å². The Morgan fingerprint density at radius 2 is 2.43 bits per heavy atom. The quantitative estimate of drug-likeness (QED) is 0.409. The van der Waals surface area contributed by atoms with Gasteiger partial charge in [0.15, 0.2) is 0 Å². The summed E-state index contributed by atoms with van der Waals surface area (Å²) >= 11 is 0. The Kier molecular flexibility index (Phi) is 3.98. The molecule has 0 saturated carbocycles. The van der Waals surface area contributed by atoms with Gasteiger partial charge < -0.3 is 16.2 Å². The summed E-state index contributed by atoms with van der Waals surface area (Å²) in [5.41, 5.74) is 5.07. The molecule has 0 aromatic carbocycles. The fraction of sp³-hybridized carbons (Fsp3) is 1.00. The molecular formula is C4H12N2O. The molecule has 44 valence electrons. The third-order valence-corrected chi connectivity index (χ3v) is 0.712. The predicted molar refractivity (Wildman–Crippen MR) is 29.0 cm³/mol. The van der Waals surface area contributed by atoms with E-state index in [0.717, 1.165) is 0 Å². The minimum absolute atomic E-state index is 0.334. The second kappa shape index (κ2) is 4.05. The smallest absolute Gasteiger partial charge is 0.0786 e. The van der Waals surface area contributed by atoms with E-state index in [4.69, 9.17) is 10.8 Å². The molecule has 0 aliphatic rings. The van der Waals surface area contributed by atoms with E-state index in [0.29, 0.717) is 13.1 Å². The Morgan fingerprint density at radius 3 is 2.57 bits per heavy atom. The lowest BCUT2D eigenvalue weighted by Gasteiger charge is -2.03. The topological polar surface area (TPSA) is 58.3 Å². The molecule has 3 heteroatoms. The normalized spacial score (nSPS) is 14.1. The molecular weight excluding hydrogens is 92.1 g/mol. The number of nitrogens with one attached hydrogen (secondary N) is 1. The van der Waals surface area contributed by atoms with E-state index >= 15 is 0 Å². The first-order valence-electron chi connectivity index (χ1n) is 2.34. The molecule has 0 radical (unpaired) electrons. The molecule has 0 bridgehead atoms. The van der Waals surface area contributed by atoms with Gasteiger partial charge in [-0.15, -0.1) is 0 Å². The molecule has 0 heterocycles. The first-order chi connectivity index (χ1) is 3.31. The lowest BCUT2D eigenvalue weighted by molar-refractivity contribution is 0.182. The van der Waals surface area contributed by atoms with Gasteiger partial charge in [-0.05, 0) is 7.05 Å². The number of rotatable bonds is 3. The largest absolute Gasteiger partial charge is 0.390 e. The number of aliphatic hydroxyl groups excluding tert-OH is 1. The molecule has 0 aliphatic carbocycles. The van der Waals surface area contributed by atoms with E-state index in [-0.39, 0.29) is 6.10 Å². The van der Waals surface area contributed by atoms with Gasteiger partial charge in [0.2, 0.25) is 0 Å². The van der Waals surface area contributed by atoms with Gasteiger partial charge in [0.25, 0.3) is 0 Å². The predicted octanol–water partition coefficient (Wildman–Crippen LogP) is -1.47. The molecule has 0 amide bonds. The average molecular weight is 104 g/mol. The molecule has 3 nitrogen and oxygen atoms in total. The van der Waals surface area contributed by atoms with Crippen LogP contribution >= 0.6 is 0 Å². The molecule has 7 heavy (non-hydrogen) atoms. The van der Waals surface area contributed by atoms with Gasteiger partial charge >= 0.3 is 0 Å². The van der Waals surface area contributed by atoms with Crippen molar-refractivity contribution < 1.29 is 5.11 Å². The van der Waals surface area contributed by atoms with Gasteiger partial charge in [-0.1, -0.05) is 0 Å². The van der Waals surface area contributed by atoms with Gasteiger partial charge in [-0.2, -0.15) is 0 Å². The van der Waals surface area contributed by atoms with Crippen molar-refractivity contribution in [3.8, 4) is 0 Å².